The summed E-state index contributed by atoms with van der Waals surface area (Å²) in [6, 6.07) is 6.52. The molecule has 0 radical (unpaired) electrons. The number of aryl methyl sites for hydroxylation is 1. The number of hydrogen-bond donors (Lipinski definition) is 1. The third-order valence-corrected chi connectivity index (χ3v) is 3.95. The molecule has 4 heteroatoms. The summed E-state index contributed by atoms with van der Waals surface area (Å²) < 4.78 is 4.97. The van der Waals surface area contributed by atoms with Gasteiger partial charge in [0, 0.05) is 25.9 Å². The van der Waals surface area contributed by atoms with Gasteiger partial charge in [-0.1, -0.05) is 26.0 Å². The molecule has 1 aromatic carbocycles. The SMILES string of the molecule is COCCNCC(=O)N1CCCc2cc(C(C)C)ccc21. The van der Waals surface area contributed by atoms with E-state index >= 15 is 0 Å². The van der Waals surface area contributed by atoms with Crippen LogP contribution in [0.2, 0.25) is 0 Å². The largest absolute Gasteiger partial charge is 0.383 e. The predicted molar refractivity (Wildman–Crippen MR) is 86.0 cm³/mol. The Hall–Kier alpha value is -1.39. The molecule has 0 saturated carbocycles. The molecule has 1 aliphatic rings. The zero-order valence-electron chi connectivity index (χ0n) is 13.3. The van der Waals surface area contributed by atoms with E-state index < -0.39 is 0 Å². The van der Waals surface area contributed by atoms with Crippen LogP contribution in [0.4, 0.5) is 5.69 Å². The van der Waals surface area contributed by atoms with E-state index in [4.69, 9.17) is 4.74 Å². The van der Waals surface area contributed by atoms with Gasteiger partial charge in [0.05, 0.1) is 13.2 Å². The highest BCUT2D eigenvalue weighted by molar-refractivity contribution is 5.96. The third-order valence-electron chi connectivity index (χ3n) is 3.95. The average molecular weight is 290 g/mol. The van der Waals surface area contributed by atoms with Crippen molar-refractivity contribution in [3.05, 3.63) is 29.3 Å². The summed E-state index contributed by atoms with van der Waals surface area (Å²) in [5, 5.41) is 3.13. The molecule has 116 valence electrons. The van der Waals surface area contributed by atoms with Crippen LogP contribution in [0.5, 0.6) is 0 Å². The molecule has 21 heavy (non-hydrogen) atoms. The normalized spacial score (nSPS) is 14.4. The van der Waals surface area contributed by atoms with Crippen LogP contribution in [0.3, 0.4) is 0 Å². The van der Waals surface area contributed by atoms with Crippen LogP contribution in [-0.2, 0) is 16.0 Å². The lowest BCUT2D eigenvalue weighted by atomic mass is 9.95. The second kappa shape index (κ2) is 7.57. The number of nitrogens with one attached hydrogen (secondary N) is 1. The highest BCUT2D eigenvalue weighted by atomic mass is 16.5. The lowest BCUT2D eigenvalue weighted by Gasteiger charge is -2.30. The van der Waals surface area contributed by atoms with Gasteiger partial charge in [0.2, 0.25) is 5.91 Å². The van der Waals surface area contributed by atoms with E-state index in [0.717, 1.165) is 25.1 Å². The van der Waals surface area contributed by atoms with Gasteiger partial charge in [-0.2, -0.15) is 0 Å². The first-order valence-electron chi connectivity index (χ1n) is 7.76. The van der Waals surface area contributed by atoms with Crippen LogP contribution >= 0.6 is 0 Å². The molecular formula is C17H26N2O2. The fourth-order valence-electron chi connectivity index (χ4n) is 2.70. The van der Waals surface area contributed by atoms with Crippen molar-refractivity contribution in [3.63, 3.8) is 0 Å². The lowest BCUT2D eigenvalue weighted by molar-refractivity contribution is -0.117. The quantitative estimate of drug-likeness (QED) is 0.818. The van der Waals surface area contributed by atoms with E-state index in [1.54, 1.807) is 7.11 Å². The van der Waals surface area contributed by atoms with Crippen molar-refractivity contribution >= 4 is 11.6 Å². The van der Waals surface area contributed by atoms with Crippen molar-refractivity contribution in [1.82, 2.24) is 5.32 Å². The fourth-order valence-corrected chi connectivity index (χ4v) is 2.70. The van der Waals surface area contributed by atoms with Gasteiger partial charge in [0.25, 0.3) is 0 Å². The summed E-state index contributed by atoms with van der Waals surface area (Å²) in [4.78, 5) is 14.3. The molecule has 0 atom stereocenters. The Kier molecular flexibility index (Phi) is 5.76. The summed E-state index contributed by atoms with van der Waals surface area (Å²) >= 11 is 0. The van der Waals surface area contributed by atoms with Gasteiger partial charge >= 0.3 is 0 Å². The molecule has 0 aliphatic carbocycles. The molecule has 1 N–H and O–H groups in total. The summed E-state index contributed by atoms with van der Waals surface area (Å²) in [6.07, 6.45) is 2.11. The Morgan fingerprint density at radius 1 is 1.43 bits per heavy atom. The second-order valence-corrected chi connectivity index (χ2v) is 5.86. The maximum Gasteiger partial charge on any atom is 0.240 e. The zero-order valence-corrected chi connectivity index (χ0v) is 13.3. The monoisotopic (exact) mass is 290 g/mol. The van der Waals surface area contributed by atoms with Crippen LogP contribution in [0.1, 0.15) is 37.3 Å². The van der Waals surface area contributed by atoms with Gasteiger partial charge in [0.1, 0.15) is 0 Å². The molecule has 0 bridgehead atoms. The van der Waals surface area contributed by atoms with Gasteiger partial charge in [-0.3, -0.25) is 4.79 Å². The molecule has 0 spiro atoms. The number of carbonyl (C=O) groups is 1. The average Bonchev–Trinajstić information content (AvgIpc) is 2.50. The maximum atomic E-state index is 12.4. The number of ether oxygens (including phenoxy) is 1. The van der Waals surface area contributed by atoms with Gasteiger partial charge in [-0.25, -0.2) is 0 Å². The number of hydrogen-bond acceptors (Lipinski definition) is 3. The number of rotatable bonds is 6. The number of methoxy groups -OCH3 is 1. The van der Waals surface area contributed by atoms with Gasteiger partial charge in [-0.15, -0.1) is 0 Å². The van der Waals surface area contributed by atoms with E-state index in [2.05, 4.69) is 37.4 Å². The van der Waals surface area contributed by atoms with E-state index in [9.17, 15) is 4.79 Å². The molecule has 0 fully saturated rings. The highest BCUT2D eigenvalue weighted by Crippen LogP contribution is 2.30. The first-order valence-corrected chi connectivity index (χ1v) is 7.76. The first kappa shape index (κ1) is 16.0. The summed E-state index contributed by atoms with van der Waals surface area (Å²) in [7, 11) is 1.66. The lowest BCUT2D eigenvalue weighted by Crippen LogP contribution is -2.41. The molecule has 1 heterocycles. The molecule has 4 nitrogen and oxygen atoms in total. The van der Waals surface area contributed by atoms with Crippen molar-refractivity contribution in [3.8, 4) is 0 Å². The molecule has 0 unspecified atom stereocenters. The number of anilines is 1. The smallest absolute Gasteiger partial charge is 0.240 e. The molecule has 1 aliphatic heterocycles. The van der Waals surface area contributed by atoms with E-state index in [-0.39, 0.29) is 5.91 Å². The number of amides is 1. The Morgan fingerprint density at radius 2 is 2.24 bits per heavy atom. The van der Waals surface area contributed by atoms with Crippen LogP contribution < -0.4 is 10.2 Å². The minimum atomic E-state index is 0.143. The van der Waals surface area contributed by atoms with Crippen molar-refractivity contribution in [2.45, 2.75) is 32.6 Å². The predicted octanol–water partition coefficient (Wildman–Crippen LogP) is 2.33. The third kappa shape index (κ3) is 4.05. The molecule has 1 amide bonds. The summed E-state index contributed by atoms with van der Waals surface area (Å²) in [5.41, 5.74) is 3.74. The molecule has 0 saturated heterocycles. The fraction of sp³-hybridized carbons (Fsp3) is 0.588. The van der Waals surface area contributed by atoms with Gasteiger partial charge in [-0.05, 0) is 36.0 Å². The Bertz CT molecular complexity index is 486. The Balaban J connectivity index is 2.05. The standard InChI is InChI=1S/C17H26N2O2/c1-13(2)14-6-7-16-15(11-14)5-4-9-19(16)17(20)12-18-8-10-21-3/h6-7,11,13,18H,4-5,8-10,12H2,1-3H3. The van der Waals surface area contributed by atoms with Crippen molar-refractivity contribution in [1.29, 1.82) is 0 Å². The van der Waals surface area contributed by atoms with E-state index in [1.807, 2.05) is 4.90 Å². The van der Waals surface area contributed by atoms with Crippen molar-refractivity contribution in [2.75, 3.05) is 38.3 Å². The minimum Gasteiger partial charge on any atom is -0.383 e. The van der Waals surface area contributed by atoms with Crippen LogP contribution in [0.25, 0.3) is 0 Å². The van der Waals surface area contributed by atoms with Crippen molar-refractivity contribution < 1.29 is 9.53 Å². The van der Waals surface area contributed by atoms with Gasteiger partial charge in [0.15, 0.2) is 0 Å². The van der Waals surface area contributed by atoms with Crippen LogP contribution in [0, 0.1) is 0 Å². The summed E-state index contributed by atoms with van der Waals surface area (Å²) in [5.74, 6) is 0.668. The van der Waals surface area contributed by atoms with E-state index in [1.165, 1.54) is 11.1 Å². The maximum absolute atomic E-state index is 12.4. The molecule has 1 aromatic rings. The highest BCUT2D eigenvalue weighted by Gasteiger charge is 2.22. The van der Waals surface area contributed by atoms with Crippen molar-refractivity contribution in [2.24, 2.45) is 0 Å². The van der Waals surface area contributed by atoms with E-state index in [0.29, 0.717) is 25.6 Å². The summed E-state index contributed by atoms with van der Waals surface area (Å²) in [6.45, 7) is 6.92. The minimum absolute atomic E-state index is 0.143. The molecular weight excluding hydrogens is 264 g/mol. The first-order chi connectivity index (χ1) is 10.1. The molecule has 2 rings (SSSR count). The molecule has 0 aromatic heterocycles. The Labute approximate surface area is 127 Å². The number of benzene rings is 1. The number of nitrogens with zero attached hydrogens (tertiary/aromatic N) is 1. The zero-order chi connectivity index (χ0) is 15.2. The number of fused-ring (bicyclic) bond motifs is 1. The topological polar surface area (TPSA) is 41.6 Å². The van der Waals surface area contributed by atoms with Gasteiger partial charge < -0.3 is 15.0 Å². The Morgan fingerprint density at radius 3 is 2.95 bits per heavy atom. The number of carbonyl (C=O) groups excluding carboxylic acids is 1. The van der Waals surface area contributed by atoms with Crippen LogP contribution in [-0.4, -0.2) is 39.3 Å². The van der Waals surface area contributed by atoms with Crippen LogP contribution in [0.15, 0.2) is 18.2 Å². The second-order valence-electron chi connectivity index (χ2n) is 5.86.